The van der Waals surface area contributed by atoms with Gasteiger partial charge in [0.2, 0.25) is 5.91 Å². The van der Waals surface area contributed by atoms with Gasteiger partial charge in [-0.3, -0.25) is 9.59 Å². The Kier molecular flexibility index (Phi) is 6.99. The van der Waals surface area contributed by atoms with Crippen LogP contribution in [0.5, 0.6) is 11.5 Å². The number of carbonyl (C=O) groups excluding carboxylic acids is 2. The first-order chi connectivity index (χ1) is 18.0. The van der Waals surface area contributed by atoms with Crippen LogP contribution in [-0.4, -0.2) is 45.6 Å². The van der Waals surface area contributed by atoms with Crippen LogP contribution in [0.15, 0.2) is 67.3 Å². The molecule has 0 aliphatic carbocycles. The first-order valence-corrected chi connectivity index (χ1v) is 12.9. The van der Waals surface area contributed by atoms with Crippen LogP contribution in [0.2, 0.25) is 0 Å². The molecular formula is C29H33N5O3. The highest BCUT2D eigenvalue weighted by molar-refractivity contribution is 6.04. The van der Waals surface area contributed by atoms with Crippen molar-refractivity contribution >= 4 is 17.6 Å². The van der Waals surface area contributed by atoms with Gasteiger partial charge in [0.1, 0.15) is 28.6 Å². The van der Waals surface area contributed by atoms with Crippen molar-refractivity contribution in [3.05, 3.63) is 72.8 Å². The van der Waals surface area contributed by atoms with Crippen LogP contribution in [0.3, 0.4) is 0 Å². The number of amides is 2. The number of primary amides is 1. The minimum absolute atomic E-state index is 0.0204. The summed E-state index contributed by atoms with van der Waals surface area (Å²) in [4.78, 5) is 26.6. The highest BCUT2D eigenvalue weighted by Crippen LogP contribution is 2.42. The van der Waals surface area contributed by atoms with E-state index >= 15 is 0 Å². The van der Waals surface area contributed by atoms with Gasteiger partial charge >= 0.3 is 0 Å². The number of nitrogens with one attached hydrogen (secondary N) is 1. The van der Waals surface area contributed by atoms with Crippen LogP contribution in [0.1, 0.15) is 49.0 Å². The van der Waals surface area contributed by atoms with Crippen LogP contribution < -0.4 is 15.8 Å². The molecule has 0 radical (unpaired) electrons. The average molecular weight is 500 g/mol. The molecule has 2 aromatic carbocycles. The Balaban J connectivity index is 1.45. The third-order valence-corrected chi connectivity index (χ3v) is 7.51. The number of hydrogen-bond acceptors (Lipinski definition) is 5. The number of benzene rings is 2. The predicted octanol–water partition coefficient (Wildman–Crippen LogP) is 5.00. The Morgan fingerprint density at radius 3 is 2.41 bits per heavy atom. The first kappa shape index (κ1) is 24.6. The smallest absolute Gasteiger partial charge is 0.254 e. The van der Waals surface area contributed by atoms with Gasteiger partial charge in [0.25, 0.3) is 5.91 Å². The second-order valence-corrected chi connectivity index (χ2v) is 9.74. The molecule has 0 bridgehead atoms. The number of anilines is 1. The summed E-state index contributed by atoms with van der Waals surface area (Å²) in [5.74, 6) is 1.97. The summed E-state index contributed by atoms with van der Waals surface area (Å²) in [5.41, 5.74) is 7.71. The summed E-state index contributed by atoms with van der Waals surface area (Å²) < 4.78 is 7.90. The minimum atomic E-state index is -0.504. The molecule has 1 fully saturated rings. The van der Waals surface area contributed by atoms with Crippen molar-refractivity contribution in [2.75, 3.05) is 18.4 Å². The number of aromatic nitrogens is 2. The van der Waals surface area contributed by atoms with Crippen molar-refractivity contribution in [1.82, 2.24) is 14.7 Å². The predicted molar refractivity (Wildman–Crippen MR) is 144 cm³/mol. The highest BCUT2D eigenvalue weighted by Gasteiger charge is 2.38. The SMILES string of the molecule is C=CC(=O)N1CCC(C2CC(CC)Nc3c(C(N)=O)c(-c4ccc(Oc5ccccc5)cc4)nn32)CC1. The maximum absolute atomic E-state index is 12.7. The lowest BCUT2D eigenvalue weighted by molar-refractivity contribution is -0.127. The van der Waals surface area contributed by atoms with Crippen LogP contribution >= 0.6 is 0 Å². The number of likely N-dealkylation sites (tertiary alicyclic amines) is 1. The molecule has 3 N–H and O–H groups in total. The maximum Gasteiger partial charge on any atom is 0.254 e. The lowest BCUT2D eigenvalue weighted by atomic mass is 9.84. The largest absolute Gasteiger partial charge is 0.457 e. The molecule has 5 rings (SSSR count). The van der Waals surface area contributed by atoms with Gasteiger partial charge in [0, 0.05) is 24.7 Å². The fourth-order valence-corrected chi connectivity index (χ4v) is 5.49. The zero-order chi connectivity index (χ0) is 25.9. The van der Waals surface area contributed by atoms with Crippen molar-refractivity contribution in [2.45, 2.75) is 44.7 Å². The molecule has 0 spiro atoms. The van der Waals surface area contributed by atoms with E-state index in [9.17, 15) is 9.59 Å². The molecule has 3 heterocycles. The summed E-state index contributed by atoms with van der Waals surface area (Å²) in [6, 6.07) is 17.5. The molecule has 8 nitrogen and oxygen atoms in total. The van der Waals surface area contributed by atoms with Gasteiger partial charge in [-0.25, -0.2) is 4.68 Å². The Hall–Kier alpha value is -4.07. The summed E-state index contributed by atoms with van der Waals surface area (Å²) in [5, 5.41) is 8.50. The Morgan fingerprint density at radius 1 is 1.11 bits per heavy atom. The Labute approximate surface area is 217 Å². The molecule has 2 atom stereocenters. The third kappa shape index (κ3) is 4.96. The molecule has 0 saturated carbocycles. The van der Waals surface area contributed by atoms with E-state index in [-0.39, 0.29) is 18.0 Å². The van der Waals surface area contributed by atoms with Crippen molar-refractivity contribution in [3.63, 3.8) is 0 Å². The van der Waals surface area contributed by atoms with Crippen LogP contribution in [-0.2, 0) is 4.79 Å². The number of fused-ring (bicyclic) bond motifs is 1. The van der Waals surface area contributed by atoms with Crippen molar-refractivity contribution in [3.8, 4) is 22.8 Å². The van der Waals surface area contributed by atoms with E-state index in [1.54, 1.807) is 0 Å². The van der Waals surface area contributed by atoms with E-state index in [0.29, 0.717) is 41.8 Å². The second kappa shape index (κ2) is 10.5. The summed E-state index contributed by atoms with van der Waals surface area (Å²) in [6.45, 7) is 7.15. The lowest BCUT2D eigenvalue weighted by Gasteiger charge is -2.40. The van der Waals surface area contributed by atoms with Crippen LogP contribution in [0.4, 0.5) is 5.82 Å². The Morgan fingerprint density at radius 2 is 1.78 bits per heavy atom. The minimum Gasteiger partial charge on any atom is -0.457 e. The standard InChI is InChI=1S/C29H33N5O3/c1-3-21-18-24(19-14-16-33(17-15-19)25(35)4-2)34-29(31-21)26(28(30)36)27(32-34)20-10-12-23(13-11-20)37-22-8-6-5-7-9-22/h4-13,19,21,24,31H,2-3,14-18H2,1H3,(H2,30,36). The highest BCUT2D eigenvalue weighted by atomic mass is 16.5. The van der Waals surface area contributed by atoms with E-state index in [4.69, 9.17) is 15.6 Å². The molecule has 2 aliphatic rings. The topological polar surface area (TPSA) is 102 Å². The summed E-state index contributed by atoms with van der Waals surface area (Å²) in [7, 11) is 0. The summed E-state index contributed by atoms with van der Waals surface area (Å²) >= 11 is 0. The fourth-order valence-electron chi connectivity index (χ4n) is 5.49. The van der Waals surface area contributed by atoms with Crippen LogP contribution in [0, 0.1) is 5.92 Å². The van der Waals surface area contributed by atoms with Gasteiger partial charge in [-0.15, -0.1) is 0 Å². The summed E-state index contributed by atoms with van der Waals surface area (Å²) in [6.07, 6.45) is 4.98. The molecule has 2 unspecified atom stereocenters. The maximum atomic E-state index is 12.7. The van der Waals surface area contributed by atoms with Crippen molar-refractivity contribution < 1.29 is 14.3 Å². The second-order valence-electron chi connectivity index (χ2n) is 9.74. The van der Waals surface area contributed by atoms with E-state index in [0.717, 1.165) is 37.0 Å². The number of rotatable bonds is 7. The molecular weight excluding hydrogens is 466 g/mol. The zero-order valence-corrected chi connectivity index (χ0v) is 21.1. The zero-order valence-electron chi connectivity index (χ0n) is 21.1. The van der Waals surface area contributed by atoms with Gasteiger partial charge in [0.05, 0.1) is 6.04 Å². The molecule has 1 aromatic heterocycles. The quantitative estimate of drug-likeness (QED) is 0.445. The lowest BCUT2D eigenvalue weighted by Crippen LogP contribution is -2.42. The number of para-hydroxylation sites is 1. The van der Waals surface area contributed by atoms with E-state index < -0.39 is 5.91 Å². The number of hydrogen-bond donors (Lipinski definition) is 2. The number of nitrogens with zero attached hydrogens (tertiary/aromatic N) is 3. The Bertz CT molecular complexity index is 1280. The first-order valence-electron chi connectivity index (χ1n) is 12.9. The molecule has 2 amide bonds. The molecule has 192 valence electrons. The van der Waals surface area contributed by atoms with Crippen molar-refractivity contribution in [1.29, 1.82) is 0 Å². The van der Waals surface area contributed by atoms with E-state index in [2.05, 4.69) is 18.8 Å². The third-order valence-electron chi connectivity index (χ3n) is 7.51. The number of piperidine rings is 1. The van der Waals surface area contributed by atoms with Gasteiger partial charge in [-0.05, 0) is 74.1 Å². The monoisotopic (exact) mass is 499 g/mol. The molecule has 8 heteroatoms. The number of carbonyl (C=O) groups is 2. The van der Waals surface area contributed by atoms with E-state index in [1.165, 1.54) is 6.08 Å². The van der Waals surface area contributed by atoms with Gasteiger partial charge in [-0.2, -0.15) is 5.10 Å². The molecule has 37 heavy (non-hydrogen) atoms. The normalized spacial score (nSPS) is 19.5. The molecule has 2 aliphatic heterocycles. The number of ether oxygens (including phenoxy) is 1. The fraction of sp³-hybridized carbons (Fsp3) is 0.345. The average Bonchev–Trinajstić information content (AvgIpc) is 3.33. The van der Waals surface area contributed by atoms with Crippen LogP contribution in [0.25, 0.3) is 11.3 Å². The van der Waals surface area contributed by atoms with E-state index in [1.807, 2.05) is 64.2 Å². The van der Waals surface area contributed by atoms with Gasteiger partial charge in [-0.1, -0.05) is 31.7 Å². The number of nitrogens with two attached hydrogens (primary N) is 1. The van der Waals surface area contributed by atoms with Gasteiger partial charge < -0.3 is 20.7 Å². The molecule has 1 saturated heterocycles. The molecule has 3 aromatic rings. The van der Waals surface area contributed by atoms with Gasteiger partial charge in [0.15, 0.2) is 0 Å². The van der Waals surface area contributed by atoms with Crippen molar-refractivity contribution in [2.24, 2.45) is 11.7 Å².